The van der Waals surface area contributed by atoms with Gasteiger partial charge >= 0.3 is 0 Å². The molecule has 5 nitrogen and oxygen atoms in total. The molecule has 0 spiro atoms. The average Bonchev–Trinajstić information content (AvgIpc) is 3.21. The van der Waals surface area contributed by atoms with E-state index in [9.17, 15) is 4.79 Å². The molecule has 0 bridgehead atoms. The van der Waals surface area contributed by atoms with Gasteiger partial charge in [0.05, 0.1) is 12.0 Å². The number of nitrogens with one attached hydrogen (secondary N) is 1. The van der Waals surface area contributed by atoms with Crippen molar-refractivity contribution in [1.29, 1.82) is 0 Å². The molecule has 0 saturated carbocycles. The van der Waals surface area contributed by atoms with Gasteiger partial charge in [0.1, 0.15) is 5.75 Å². The quantitative estimate of drug-likeness (QED) is 0.832. The van der Waals surface area contributed by atoms with Crippen LogP contribution >= 0.6 is 0 Å². The highest BCUT2D eigenvalue weighted by molar-refractivity contribution is 5.87. The monoisotopic (exact) mass is 373 g/mol. The minimum atomic E-state index is -0.520. The predicted molar refractivity (Wildman–Crippen MR) is 109 cm³/mol. The number of nitrogens with zero attached hydrogens (tertiary/aromatic N) is 2. The molecule has 150 valence electrons. The van der Waals surface area contributed by atoms with Gasteiger partial charge in [0.2, 0.25) is 5.91 Å². The Balaban J connectivity index is 1.58. The predicted octanol–water partition coefficient (Wildman–Crippen LogP) is 2.51. The van der Waals surface area contributed by atoms with Gasteiger partial charge < -0.3 is 15.0 Å². The first-order valence-corrected chi connectivity index (χ1v) is 10.4. The first kappa shape index (κ1) is 20.2. The van der Waals surface area contributed by atoms with E-state index in [0.717, 1.165) is 50.6 Å². The lowest BCUT2D eigenvalue weighted by atomic mass is 9.83. The molecule has 2 aliphatic heterocycles. The van der Waals surface area contributed by atoms with Crippen LogP contribution in [0.4, 0.5) is 0 Å². The van der Waals surface area contributed by atoms with Crippen molar-refractivity contribution in [1.82, 2.24) is 15.1 Å². The fourth-order valence-corrected chi connectivity index (χ4v) is 3.99. The maximum absolute atomic E-state index is 13.2. The highest BCUT2D eigenvalue weighted by Crippen LogP contribution is 2.28. The summed E-state index contributed by atoms with van der Waals surface area (Å²) in [6, 6.07) is 8.69. The number of rotatable bonds is 6. The zero-order valence-electron chi connectivity index (χ0n) is 17.3. The van der Waals surface area contributed by atoms with Crippen molar-refractivity contribution in [2.75, 3.05) is 45.9 Å². The van der Waals surface area contributed by atoms with E-state index in [2.05, 4.69) is 24.1 Å². The molecule has 1 atom stereocenters. The Morgan fingerprint density at radius 3 is 2.41 bits per heavy atom. The summed E-state index contributed by atoms with van der Waals surface area (Å²) in [5.74, 6) is 1.60. The van der Waals surface area contributed by atoms with Crippen LogP contribution in [0.2, 0.25) is 0 Å². The molecule has 0 aromatic heterocycles. The van der Waals surface area contributed by atoms with E-state index >= 15 is 0 Å². The third-order valence-corrected chi connectivity index (χ3v) is 5.85. The topological polar surface area (TPSA) is 44.8 Å². The van der Waals surface area contributed by atoms with Crippen LogP contribution in [0, 0.1) is 5.92 Å². The lowest BCUT2D eigenvalue weighted by molar-refractivity contribution is -0.138. The van der Waals surface area contributed by atoms with Crippen LogP contribution < -0.4 is 10.1 Å². The smallest absolute Gasteiger partial charge is 0.232 e. The molecule has 0 radical (unpaired) electrons. The van der Waals surface area contributed by atoms with Crippen molar-refractivity contribution in [3.05, 3.63) is 29.8 Å². The minimum Gasteiger partial charge on any atom is -0.493 e. The molecule has 27 heavy (non-hydrogen) atoms. The summed E-state index contributed by atoms with van der Waals surface area (Å²) in [4.78, 5) is 17.8. The Bertz CT molecular complexity index is 613. The molecule has 0 aliphatic carbocycles. The maximum Gasteiger partial charge on any atom is 0.232 e. The highest BCUT2D eigenvalue weighted by Gasteiger charge is 2.36. The van der Waals surface area contributed by atoms with Crippen LogP contribution in [0.3, 0.4) is 0 Å². The molecule has 3 rings (SSSR count). The van der Waals surface area contributed by atoms with Crippen LogP contribution in [0.15, 0.2) is 24.3 Å². The number of benzene rings is 1. The van der Waals surface area contributed by atoms with E-state index in [1.165, 1.54) is 6.42 Å². The Hall–Kier alpha value is -1.59. The van der Waals surface area contributed by atoms with Crippen molar-refractivity contribution in [2.45, 2.75) is 45.6 Å². The summed E-state index contributed by atoms with van der Waals surface area (Å²) in [5.41, 5.74) is 0.528. The second kappa shape index (κ2) is 8.61. The van der Waals surface area contributed by atoms with Crippen molar-refractivity contribution >= 4 is 5.91 Å². The fourth-order valence-electron chi connectivity index (χ4n) is 3.99. The van der Waals surface area contributed by atoms with E-state index in [1.54, 1.807) is 0 Å². The van der Waals surface area contributed by atoms with Gasteiger partial charge in [0.25, 0.3) is 0 Å². The van der Waals surface area contributed by atoms with Gasteiger partial charge in [-0.1, -0.05) is 26.0 Å². The zero-order chi connectivity index (χ0) is 19.4. The molecule has 1 aromatic rings. The number of hydrogen-bond acceptors (Lipinski definition) is 4. The number of carbonyl (C=O) groups excluding carboxylic acids is 1. The van der Waals surface area contributed by atoms with Gasteiger partial charge in [-0.25, -0.2) is 0 Å². The molecular weight excluding hydrogens is 338 g/mol. The van der Waals surface area contributed by atoms with Gasteiger partial charge in [0.15, 0.2) is 0 Å². The van der Waals surface area contributed by atoms with Gasteiger partial charge in [0, 0.05) is 38.8 Å². The third-order valence-electron chi connectivity index (χ3n) is 5.85. The lowest BCUT2D eigenvalue weighted by Gasteiger charge is -2.40. The van der Waals surface area contributed by atoms with Gasteiger partial charge in [-0.3, -0.25) is 9.69 Å². The van der Waals surface area contributed by atoms with Crippen LogP contribution in [-0.4, -0.2) is 67.6 Å². The Kier molecular flexibility index (Phi) is 6.43. The molecular formula is C22H35N3O2. The van der Waals surface area contributed by atoms with E-state index in [0.29, 0.717) is 18.6 Å². The van der Waals surface area contributed by atoms with Gasteiger partial charge in [-0.15, -0.1) is 0 Å². The summed E-state index contributed by atoms with van der Waals surface area (Å²) >= 11 is 0. The minimum absolute atomic E-state index is 0.225. The third kappa shape index (κ3) is 4.82. The van der Waals surface area contributed by atoms with E-state index in [-0.39, 0.29) is 5.91 Å². The number of carbonyl (C=O) groups is 1. The molecule has 1 N–H and O–H groups in total. The lowest BCUT2D eigenvalue weighted by Crippen LogP contribution is -2.55. The maximum atomic E-state index is 13.2. The molecule has 2 saturated heterocycles. The summed E-state index contributed by atoms with van der Waals surface area (Å²) in [6.07, 6.45) is 1.23. The SMILES string of the molecule is CC(C)COc1ccc(C(C)(C)C(=O)N2CCN(C3CCNC3)CC2)cc1. The van der Waals surface area contributed by atoms with Gasteiger partial charge in [-0.05, 0) is 50.4 Å². The first-order chi connectivity index (χ1) is 12.9. The zero-order valence-corrected chi connectivity index (χ0v) is 17.3. The summed E-state index contributed by atoms with van der Waals surface area (Å²) in [6.45, 7) is 14.9. The second-order valence-corrected chi connectivity index (χ2v) is 8.83. The summed E-state index contributed by atoms with van der Waals surface area (Å²) in [5, 5.41) is 3.44. The van der Waals surface area contributed by atoms with E-state index in [1.807, 2.05) is 43.0 Å². The first-order valence-electron chi connectivity index (χ1n) is 10.4. The molecule has 2 aliphatic rings. The van der Waals surface area contributed by atoms with Crippen molar-refractivity contribution in [3.63, 3.8) is 0 Å². The highest BCUT2D eigenvalue weighted by atomic mass is 16.5. The second-order valence-electron chi connectivity index (χ2n) is 8.83. The van der Waals surface area contributed by atoms with E-state index in [4.69, 9.17) is 4.74 Å². The van der Waals surface area contributed by atoms with Crippen molar-refractivity contribution in [2.24, 2.45) is 5.92 Å². The normalized spacial score (nSPS) is 21.7. The van der Waals surface area contributed by atoms with E-state index < -0.39 is 5.41 Å². The molecule has 1 unspecified atom stereocenters. The number of hydrogen-bond donors (Lipinski definition) is 1. The number of ether oxygens (including phenoxy) is 1. The van der Waals surface area contributed by atoms with Crippen LogP contribution in [0.25, 0.3) is 0 Å². The van der Waals surface area contributed by atoms with Crippen molar-refractivity contribution in [3.8, 4) is 5.75 Å². The number of amides is 1. The molecule has 1 aromatic carbocycles. The molecule has 5 heteroatoms. The molecule has 2 fully saturated rings. The Labute approximate surface area is 164 Å². The van der Waals surface area contributed by atoms with Crippen LogP contribution in [-0.2, 0) is 10.2 Å². The fraction of sp³-hybridized carbons (Fsp3) is 0.682. The Morgan fingerprint density at radius 2 is 1.85 bits per heavy atom. The molecule has 1 amide bonds. The largest absolute Gasteiger partial charge is 0.493 e. The van der Waals surface area contributed by atoms with Crippen LogP contribution in [0.5, 0.6) is 5.75 Å². The summed E-state index contributed by atoms with van der Waals surface area (Å²) < 4.78 is 5.77. The molecule has 2 heterocycles. The standard InChI is InChI=1S/C22H35N3O2/c1-17(2)16-27-20-7-5-18(6-8-20)22(3,4)21(26)25-13-11-24(12-14-25)19-9-10-23-15-19/h5-8,17,19,23H,9-16H2,1-4H3. The number of piperazine rings is 1. The van der Waals surface area contributed by atoms with Crippen LogP contribution in [0.1, 0.15) is 39.7 Å². The summed E-state index contributed by atoms with van der Waals surface area (Å²) in [7, 11) is 0. The van der Waals surface area contributed by atoms with Crippen molar-refractivity contribution < 1.29 is 9.53 Å². The Morgan fingerprint density at radius 1 is 1.19 bits per heavy atom. The van der Waals surface area contributed by atoms with Gasteiger partial charge in [-0.2, -0.15) is 0 Å². The average molecular weight is 374 g/mol.